The van der Waals surface area contributed by atoms with Crippen LogP contribution in [0.4, 0.5) is 0 Å². The monoisotopic (exact) mass is 406 g/mol. The van der Waals surface area contributed by atoms with Gasteiger partial charge in [-0.25, -0.2) is 14.2 Å². The number of rotatable bonds is 3. The summed E-state index contributed by atoms with van der Waals surface area (Å²) in [5.74, 6) is 0.396. The van der Waals surface area contributed by atoms with Crippen molar-refractivity contribution in [3.8, 4) is 28.4 Å². The highest BCUT2D eigenvalue weighted by Crippen LogP contribution is 2.36. The first-order valence-electron chi connectivity index (χ1n) is 8.78. The lowest BCUT2D eigenvalue weighted by atomic mass is 10.1. The lowest BCUT2D eigenvalue weighted by Gasteiger charge is -2.11. The van der Waals surface area contributed by atoms with Crippen molar-refractivity contribution in [2.45, 2.75) is 6.92 Å². The number of nitrogens with zero attached hydrogens (tertiary/aromatic N) is 6. The van der Waals surface area contributed by atoms with Gasteiger partial charge in [0.15, 0.2) is 5.65 Å². The van der Waals surface area contributed by atoms with Gasteiger partial charge in [-0.3, -0.25) is 4.98 Å². The standard InChI is InChI=1S/C20H15ClN6O2/c1-11-12-9-23-15(13-10-24-26-5-3-4-22-20(13)26)7-16(12)27(25-11)17-6-14(21)18(28)8-19(17)29-2/h3-10,28H,1-2H3. The van der Waals surface area contributed by atoms with Crippen LogP contribution in [0.3, 0.4) is 0 Å². The van der Waals surface area contributed by atoms with Gasteiger partial charge >= 0.3 is 0 Å². The molecule has 0 radical (unpaired) electrons. The van der Waals surface area contributed by atoms with E-state index in [1.807, 2.05) is 25.3 Å². The van der Waals surface area contributed by atoms with Crippen molar-refractivity contribution in [1.82, 2.24) is 29.4 Å². The molecule has 0 unspecified atom stereocenters. The summed E-state index contributed by atoms with van der Waals surface area (Å²) in [7, 11) is 1.53. The van der Waals surface area contributed by atoms with Crippen LogP contribution in [0.25, 0.3) is 33.5 Å². The number of phenolic OH excluding ortho intramolecular Hbond substituents is 1. The minimum absolute atomic E-state index is 0.0553. The minimum atomic E-state index is -0.0553. The van der Waals surface area contributed by atoms with Gasteiger partial charge in [-0.05, 0) is 25.1 Å². The van der Waals surface area contributed by atoms with Gasteiger partial charge in [0.2, 0.25) is 0 Å². The Bertz CT molecular complexity index is 1390. The zero-order chi connectivity index (χ0) is 20.1. The molecule has 144 valence electrons. The Balaban J connectivity index is 1.77. The molecule has 1 N–H and O–H groups in total. The van der Waals surface area contributed by atoms with E-state index in [4.69, 9.17) is 16.3 Å². The van der Waals surface area contributed by atoms with E-state index in [0.717, 1.165) is 27.9 Å². The van der Waals surface area contributed by atoms with Crippen molar-refractivity contribution in [2.75, 3.05) is 7.11 Å². The van der Waals surface area contributed by atoms with Gasteiger partial charge in [0, 0.05) is 30.0 Å². The molecule has 1 aromatic carbocycles. The van der Waals surface area contributed by atoms with E-state index in [-0.39, 0.29) is 10.8 Å². The molecule has 5 aromatic rings. The highest BCUT2D eigenvalue weighted by Gasteiger charge is 2.18. The summed E-state index contributed by atoms with van der Waals surface area (Å²) in [5, 5.41) is 20.0. The van der Waals surface area contributed by atoms with Crippen LogP contribution in [-0.2, 0) is 0 Å². The molecular weight excluding hydrogens is 392 g/mol. The maximum absolute atomic E-state index is 9.92. The smallest absolute Gasteiger partial charge is 0.164 e. The van der Waals surface area contributed by atoms with Crippen LogP contribution in [0.2, 0.25) is 5.02 Å². The molecular formula is C20H15ClN6O2. The molecule has 5 rings (SSSR count). The van der Waals surface area contributed by atoms with E-state index in [9.17, 15) is 5.11 Å². The third-order valence-electron chi connectivity index (χ3n) is 4.78. The van der Waals surface area contributed by atoms with Crippen LogP contribution in [0.1, 0.15) is 5.69 Å². The molecule has 0 aliphatic rings. The van der Waals surface area contributed by atoms with Crippen molar-refractivity contribution in [2.24, 2.45) is 0 Å². The zero-order valence-corrected chi connectivity index (χ0v) is 16.3. The third-order valence-corrected chi connectivity index (χ3v) is 5.08. The predicted octanol–water partition coefficient (Wildman–Crippen LogP) is 3.81. The van der Waals surface area contributed by atoms with Crippen molar-refractivity contribution in [1.29, 1.82) is 0 Å². The Morgan fingerprint density at radius 3 is 2.83 bits per heavy atom. The van der Waals surface area contributed by atoms with Crippen LogP contribution in [-0.4, -0.2) is 41.6 Å². The number of methoxy groups -OCH3 is 1. The fourth-order valence-corrected chi connectivity index (χ4v) is 3.51. The third kappa shape index (κ3) is 2.68. The van der Waals surface area contributed by atoms with Gasteiger partial charge in [0.25, 0.3) is 0 Å². The van der Waals surface area contributed by atoms with E-state index < -0.39 is 0 Å². The average Bonchev–Trinajstić information content (AvgIpc) is 3.31. The fourth-order valence-electron chi connectivity index (χ4n) is 3.36. The Morgan fingerprint density at radius 1 is 1.14 bits per heavy atom. The number of fused-ring (bicyclic) bond motifs is 2. The van der Waals surface area contributed by atoms with Crippen molar-refractivity contribution < 1.29 is 9.84 Å². The summed E-state index contributed by atoms with van der Waals surface area (Å²) in [5.41, 5.74) is 4.49. The quantitative estimate of drug-likeness (QED) is 0.490. The number of aromatic hydroxyl groups is 1. The van der Waals surface area contributed by atoms with E-state index in [1.54, 1.807) is 33.9 Å². The van der Waals surface area contributed by atoms with Crippen molar-refractivity contribution in [3.05, 3.63) is 59.8 Å². The molecule has 4 aromatic heterocycles. The first-order valence-corrected chi connectivity index (χ1v) is 9.15. The molecule has 0 amide bonds. The molecule has 0 saturated carbocycles. The van der Waals surface area contributed by atoms with Crippen LogP contribution < -0.4 is 4.74 Å². The van der Waals surface area contributed by atoms with Gasteiger partial charge in [-0.2, -0.15) is 10.2 Å². The number of hydrogen-bond donors (Lipinski definition) is 1. The van der Waals surface area contributed by atoms with Gasteiger partial charge in [-0.1, -0.05) is 11.6 Å². The molecule has 9 heteroatoms. The first-order chi connectivity index (χ1) is 14.1. The maximum Gasteiger partial charge on any atom is 0.164 e. The molecule has 8 nitrogen and oxygen atoms in total. The van der Waals surface area contributed by atoms with E-state index in [0.29, 0.717) is 17.1 Å². The van der Waals surface area contributed by atoms with Gasteiger partial charge in [0.1, 0.15) is 17.2 Å². The Kier molecular flexibility index (Phi) is 3.88. The van der Waals surface area contributed by atoms with Crippen LogP contribution in [0.5, 0.6) is 11.5 Å². The molecule has 0 fully saturated rings. The Hall–Kier alpha value is -3.65. The van der Waals surface area contributed by atoms with Gasteiger partial charge in [-0.15, -0.1) is 0 Å². The lowest BCUT2D eigenvalue weighted by Crippen LogP contribution is -2.00. The van der Waals surface area contributed by atoms with Gasteiger partial charge in [0.05, 0.1) is 40.8 Å². The number of ether oxygens (including phenoxy) is 1. The number of benzene rings is 1. The predicted molar refractivity (Wildman–Crippen MR) is 109 cm³/mol. The summed E-state index contributed by atoms with van der Waals surface area (Å²) in [6, 6.07) is 6.84. The van der Waals surface area contributed by atoms with Crippen LogP contribution in [0.15, 0.2) is 49.1 Å². The second-order valence-corrected chi connectivity index (χ2v) is 6.91. The Labute approximate surface area is 170 Å². The van der Waals surface area contributed by atoms with Crippen molar-refractivity contribution >= 4 is 28.2 Å². The summed E-state index contributed by atoms with van der Waals surface area (Å²) < 4.78 is 8.87. The highest BCUT2D eigenvalue weighted by molar-refractivity contribution is 6.32. The lowest BCUT2D eigenvalue weighted by molar-refractivity contribution is 0.405. The van der Waals surface area contributed by atoms with E-state index in [2.05, 4.69) is 20.2 Å². The summed E-state index contributed by atoms with van der Waals surface area (Å²) in [6.07, 6.45) is 7.07. The molecule has 0 spiro atoms. The first kappa shape index (κ1) is 17.4. The minimum Gasteiger partial charge on any atom is -0.506 e. The number of aryl methyl sites for hydroxylation is 1. The molecule has 0 aliphatic heterocycles. The molecule has 0 aliphatic carbocycles. The van der Waals surface area contributed by atoms with Gasteiger partial charge < -0.3 is 9.84 Å². The van der Waals surface area contributed by atoms with Crippen molar-refractivity contribution in [3.63, 3.8) is 0 Å². The highest BCUT2D eigenvalue weighted by atomic mass is 35.5. The fraction of sp³-hybridized carbons (Fsp3) is 0.100. The molecule has 29 heavy (non-hydrogen) atoms. The average molecular weight is 407 g/mol. The topological polar surface area (TPSA) is 90.4 Å². The summed E-state index contributed by atoms with van der Waals surface area (Å²) in [4.78, 5) is 9.00. The molecule has 0 saturated heterocycles. The van der Waals surface area contributed by atoms with E-state index in [1.165, 1.54) is 13.2 Å². The number of aromatic nitrogens is 6. The maximum atomic E-state index is 9.92. The summed E-state index contributed by atoms with van der Waals surface area (Å²) >= 11 is 6.15. The number of hydrogen-bond acceptors (Lipinski definition) is 6. The zero-order valence-electron chi connectivity index (χ0n) is 15.5. The van der Waals surface area contributed by atoms with Crippen LogP contribution >= 0.6 is 11.6 Å². The number of halogens is 1. The Morgan fingerprint density at radius 2 is 2.00 bits per heavy atom. The van der Waals surface area contributed by atoms with Crippen LogP contribution in [0, 0.1) is 6.92 Å². The second kappa shape index (κ2) is 6.46. The molecule has 0 atom stereocenters. The number of pyridine rings is 1. The normalized spacial score (nSPS) is 11.4. The number of phenols is 1. The molecule has 4 heterocycles. The summed E-state index contributed by atoms with van der Waals surface area (Å²) in [6.45, 7) is 1.91. The largest absolute Gasteiger partial charge is 0.506 e. The SMILES string of the molecule is COc1cc(O)c(Cl)cc1-n1nc(C)c2cnc(-c3cnn4cccnc34)cc21. The second-order valence-electron chi connectivity index (χ2n) is 6.51. The van der Waals surface area contributed by atoms with E-state index >= 15 is 0 Å². The molecule has 0 bridgehead atoms.